The van der Waals surface area contributed by atoms with Crippen molar-refractivity contribution in [2.75, 3.05) is 33.2 Å². The molecule has 1 N–H and O–H groups in total. The Kier molecular flexibility index (Phi) is 11.3. The topological polar surface area (TPSA) is 35.6 Å². The lowest BCUT2D eigenvalue weighted by atomic mass is 9.93. The molecule has 1 amide bonds. The summed E-state index contributed by atoms with van der Waals surface area (Å²) in [4.78, 5) is 17.2. The number of likely N-dealkylation sites (N-methyl/N-ethyl adjacent to an activating group) is 1. The molecule has 2 heterocycles. The zero-order chi connectivity index (χ0) is 17.5. The standard InChI is InChI=1S/C21H33N3O.2ClH/c1-23(21(25)10-9-18-11-13-22-14-12-18)20-8-5-15-24(17-20)16-19-6-3-2-4-7-19;;/h2-4,6-7,18,20,22H,5,8-17H2,1H3;2*1H. The molecule has 2 saturated heterocycles. The van der Waals surface area contributed by atoms with Gasteiger partial charge in [-0.15, -0.1) is 24.8 Å². The summed E-state index contributed by atoms with van der Waals surface area (Å²) < 4.78 is 0. The molecule has 1 unspecified atom stereocenters. The Morgan fingerprint density at radius 1 is 1.15 bits per heavy atom. The van der Waals surface area contributed by atoms with Gasteiger partial charge in [-0.1, -0.05) is 30.3 Å². The van der Waals surface area contributed by atoms with Gasteiger partial charge >= 0.3 is 0 Å². The van der Waals surface area contributed by atoms with Crippen molar-refractivity contribution in [2.24, 2.45) is 5.92 Å². The minimum absolute atomic E-state index is 0. The molecule has 6 heteroatoms. The number of nitrogens with zero attached hydrogens (tertiary/aromatic N) is 2. The zero-order valence-corrected chi connectivity index (χ0v) is 18.1. The van der Waals surface area contributed by atoms with Gasteiger partial charge in [-0.3, -0.25) is 9.69 Å². The van der Waals surface area contributed by atoms with E-state index in [2.05, 4.69) is 40.5 Å². The van der Waals surface area contributed by atoms with Crippen LogP contribution in [0.2, 0.25) is 0 Å². The lowest BCUT2D eigenvalue weighted by molar-refractivity contribution is -0.133. The fraction of sp³-hybridized carbons (Fsp3) is 0.667. The number of nitrogens with one attached hydrogen (secondary N) is 1. The molecule has 154 valence electrons. The highest BCUT2D eigenvalue weighted by Crippen LogP contribution is 2.21. The van der Waals surface area contributed by atoms with Crippen LogP contribution in [0.4, 0.5) is 0 Å². The summed E-state index contributed by atoms with van der Waals surface area (Å²) in [6, 6.07) is 11.0. The summed E-state index contributed by atoms with van der Waals surface area (Å²) in [5.74, 6) is 1.07. The SMILES string of the molecule is CN(C(=O)CCC1CCNCC1)C1CCCN(Cc2ccccc2)C1.Cl.Cl. The molecule has 1 aromatic carbocycles. The second kappa shape index (κ2) is 12.6. The third-order valence-corrected chi connectivity index (χ3v) is 5.90. The van der Waals surface area contributed by atoms with Crippen LogP contribution in [0.3, 0.4) is 0 Å². The van der Waals surface area contributed by atoms with Crippen molar-refractivity contribution < 1.29 is 4.79 Å². The van der Waals surface area contributed by atoms with Gasteiger partial charge in [0.05, 0.1) is 0 Å². The summed E-state index contributed by atoms with van der Waals surface area (Å²) in [6.07, 6.45) is 6.56. The summed E-state index contributed by atoms with van der Waals surface area (Å²) in [5.41, 5.74) is 1.36. The molecule has 0 aliphatic carbocycles. The molecule has 1 aromatic rings. The van der Waals surface area contributed by atoms with Crippen LogP contribution < -0.4 is 5.32 Å². The molecule has 27 heavy (non-hydrogen) atoms. The van der Waals surface area contributed by atoms with Crippen molar-refractivity contribution in [3.63, 3.8) is 0 Å². The number of carbonyl (C=O) groups excluding carboxylic acids is 1. The Morgan fingerprint density at radius 3 is 2.56 bits per heavy atom. The van der Waals surface area contributed by atoms with Crippen LogP contribution in [0, 0.1) is 5.92 Å². The van der Waals surface area contributed by atoms with Crippen molar-refractivity contribution in [2.45, 2.75) is 51.1 Å². The number of benzene rings is 1. The van der Waals surface area contributed by atoms with E-state index in [0.29, 0.717) is 11.9 Å². The van der Waals surface area contributed by atoms with Crippen LogP contribution in [-0.2, 0) is 11.3 Å². The predicted molar refractivity (Wildman–Crippen MR) is 117 cm³/mol. The number of amides is 1. The van der Waals surface area contributed by atoms with E-state index in [4.69, 9.17) is 0 Å². The Morgan fingerprint density at radius 2 is 1.85 bits per heavy atom. The summed E-state index contributed by atoms with van der Waals surface area (Å²) >= 11 is 0. The fourth-order valence-corrected chi connectivity index (χ4v) is 4.21. The van der Waals surface area contributed by atoms with Crippen molar-refractivity contribution in [3.05, 3.63) is 35.9 Å². The van der Waals surface area contributed by atoms with E-state index in [1.54, 1.807) is 0 Å². The zero-order valence-electron chi connectivity index (χ0n) is 16.4. The molecule has 2 aliphatic heterocycles. The van der Waals surface area contributed by atoms with E-state index < -0.39 is 0 Å². The number of hydrogen-bond acceptors (Lipinski definition) is 3. The molecule has 0 aromatic heterocycles. The molecule has 3 rings (SSSR count). The number of rotatable bonds is 6. The predicted octanol–water partition coefficient (Wildman–Crippen LogP) is 3.73. The van der Waals surface area contributed by atoms with Gasteiger partial charge in [0.2, 0.25) is 5.91 Å². The Labute approximate surface area is 176 Å². The quantitative estimate of drug-likeness (QED) is 0.768. The largest absolute Gasteiger partial charge is 0.341 e. The second-order valence-electron chi connectivity index (χ2n) is 7.75. The number of carbonyl (C=O) groups is 1. The first-order valence-electron chi connectivity index (χ1n) is 9.95. The maximum Gasteiger partial charge on any atom is 0.222 e. The number of likely N-dealkylation sites (tertiary alicyclic amines) is 1. The van der Waals surface area contributed by atoms with Gasteiger partial charge < -0.3 is 10.2 Å². The molecule has 0 spiro atoms. The van der Waals surface area contributed by atoms with Crippen LogP contribution in [0.5, 0.6) is 0 Å². The van der Waals surface area contributed by atoms with E-state index in [0.717, 1.165) is 57.9 Å². The Bertz CT molecular complexity index is 537. The minimum atomic E-state index is 0. The highest BCUT2D eigenvalue weighted by Gasteiger charge is 2.26. The highest BCUT2D eigenvalue weighted by atomic mass is 35.5. The molecule has 2 fully saturated rings. The first-order chi connectivity index (χ1) is 12.2. The van der Waals surface area contributed by atoms with Crippen molar-refractivity contribution in [1.29, 1.82) is 0 Å². The van der Waals surface area contributed by atoms with Crippen LogP contribution in [0.15, 0.2) is 30.3 Å². The third kappa shape index (κ3) is 7.61. The first kappa shape index (κ1) is 24.2. The molecule has 0 saturated carbocycles. The van der Waals surface area contributed by atoms with Gasteiger partial charge in [0.25, 0.3) is 0 Å². The van der Waals surface area contributed by atoms with Gasteiger partial charge in [0.1, 0.15) is 0 Å². The average molecular weight is 416 g/mol. The van der Waals surface area contributed by atoms with Crippen molar-refractivity contribution in [3.8, 4) is 0 Å². The van der Waals surface area contributed by atoms with E-state index in [-0.39, 0.29) is 24.8 Å². The fourth-order valence-electron chi connectivity index (χ4n) is 4.21. The number of hydrogen-bond donors (Lipinski definition) is 1. The van der Waals surface area contributed by atoms with Crippen LogP contribution >= 0.6 is 24.8 Å². The maximum atomic E-state index is 12.6. The lowest BCUT2D eigenvalue weighted by Crippen LogP contribution is -2.48. The summed E-state index contributed by atoms with van der Waals surface area (Å²) in [6.45, 7) is 5.37. The van der Waals surface area contributed by atoms with Gasteiger partial charge in [0, 0.05) is 32.6 Å². The second-order valence-corrected chi connectivity index (χ2v) is 7.75. The van der Waals surface area contributed by atoms with Crippen molar-refractivity contribution in [1.82, 2.24) is 15.1 Å². The molecule has 2 aliphatic rings. The first-order valence-corrected chi connectivity index (χ1v) is 9.95. The minimum Gasteiger partial charge on any atom is -0.341 e. The van der Waals surface area contributed by atoms with Crippen LogP contribution in [0.1, 0.15) is 44.1 Å². The molecule has 4 nitrogen and oxygen atoms in total. The van der Waals surface area contributed by atoms with E-state index in [1.807, 2.05) is 11.9 Å². The number of halogens is 2. The van der Waals surface area contributed by atoms with Gasteiger partial charge in [-0.05, 0) is 63.2 Å². The van der Waals surface area contributed by atoms with Gasteiger partial charge in [0.15, 0.2) is 0 Å². The molecule has 0 bridgehead atoms. The monoisotopic (exact) mass is 415 g/mol. The van der Waals surface area contributed by atoms with Gasteiger partial charge in [-0.2, -0.15) is 0 Å². The lowest BCUT2D eigenvalue weighted by Gasteiger charge is -2.38. The average Bonchev–Trinajstić information content (AvgIpc) is 2.67. The molecule has 1 atom stereocenters. The van der Waals surface area contributed by atoms with E-state index in [1.165, 1.54) is 24.8 Å². The van der Waals surface area contributed by atoms with Gasteiger partial charge in [-0.25, -0.2) is 0 Å². The highest BCUT2D eigenvalue weighted by molar-refractivity contribution is 5.85. The van der Waals surface area contributed by atoms with E-state index >= 15 is 0 Å². The van der Waals surface area contributed by atoms with E-state index in [9.17, 15) is 4.79 Å². The van der Waals surface area contributed by atoms with Crippen LogP contribution in [-0.4, -0.2) is 55.0 Å². The third-order valence-electron chi connectivity index (χ3n) is 5.90. The van der Waals surface area contributed by atoms with Crippen molar-refractivity contribution >= 4 is 30.7 Å². The van der Waals surface area contributed by atoms with Crippen LogP contribution in [0.25, 0.3) is 0 Å². The Hall–Kier alpha value is -0.810. The maximum absolute atomic E-state index is 12.6. The molecular formula is C21H35Cl2N3O. The normalized spacial score (nSPS) is 21.0. The molecule has 0 radical (unpaired) electrons. The summed E-state index contributed by atoms with van der Waals surface area (Å²) in [5, 5.41) is 3.40. The summed E-state index contributed by atoms with van der Waals surface area (Å²) in [7, 11) is 2.02. The molecular weight excluding hydrogens is 381 g/mol. The Balaban J connectivity index is 0.00000182. The smallest absolute Gasteiger partial charge is 0.222 e. The number of piperidine rings is 2.